The summed E-state index contributed by atoms with van der Waals surface area (Å²) >= 11 is 5.05. The van der Waals surface area contributed by atoms with Gasteiger partial charge in [-0.05, 0) is 49.3 Å². The van der Waals surface area contributed by atoms with E-state index in [1.165, 1.54) is 10.9 Å². The summed E-state index contributed by atoms with van der Waals surface area (Å²) in [6.07, 6.45) is 1.99. The molecular formula is C15H18N8O3S. The van der Waals surface area contributed by atoms with Crippen LogP contribution in [0.4, 0.5) is 17.3 Å². The van der Waals surface area contributed by atoms with Crippen molar-refractivity contribution in [3.8, 4) is 0 Å². The third-order valence-electron chi connectivity index (χ3n) is 4.07. The molecule has 0 atom stereocenters. The standard InChI is InChI=1S/C15H18N8O3S/c1-2-22-19-14(18-20-22)17-15(27)16-13(24)10-5-6-11(12(9-10)23(25)26)21-7-3-4-8-21/h5-6,9H,2-4,7-8H2,1H3,(H2,16,17,19,24,27). The first-order valence-electron chi connectivity index (χ1n) is 8.41. The second kappa shape index (κ2) is 8.03. The molecule has 2 aromatic rings. The number of rotatable bonds is 5. The Bertz CT molecular complexity index is 878. The normalized spacial score (nSPS) is 13.4. The van der Waals surface area contributed by atoms with Crippen LogP contribution in [0.15, 0.2) is 18.2 Å². The van der Waals surface area contributed by atoms with E-state index in [1.54, 1.807) is 12.1 Å². The highest BCUT2D eigenvalue weighted by Gasteiger charge is 2.24. The molecule has 1 amide bonds. The van der Waals surface area contributed by atoms with E-state index in [9.17, 15) is 14.9 Å². The zero-order valence-electron chi connectivity index (χ0n) is 14.6. The van der Waals surface area contributed by atoms with Gasteiger partial charge in [0, 0.05) is 24.7 Å². The van der Waals surface area contributed by atoms with Gasteiger partial charge in [-0.25, -0.2) is 0 Å². The molecule has 27 heavy (non-hydrogen) atoms. The summed E-state index contributed by atoms with van der Waals surface area (Å²) in [6, 6.07) is 4.41. The number of aromatic nitrogens is 4. The first-order valence-corrected chi connectivity index (χ1v) is 8.82. The summed E-state index contributed by atoms with van der Waals surface area (Å²) in [7, 11) is 0. The minimum absolute atomic E-state index is 0.0260. The van der Waals surface area contributed by atoms with Gasteiger partial charge in [0.2, 0.25) is 0 Å². The van der Waals surface area contributed by atoms with Crippen molar-refractivity contribution in [1.82, 2.24) is 25.5 Å². The molecule has 1 aromatic heterocycles. The average molecular weight is 390 g/mol. The molecule has 2 heterocycles. The first-order chi connectivity index (χ1) is 13.0. The number of hydrogen-bond acceptors (Lipinski definition) is 8. The summed E-state index contributed by atoms with van der Waals surface area (Å²) in [5, 5.41) is 28.0. The highest BCUT2D eigenvalue weighted by atomic mass is 32.1. The van der Waals surface area contributed by atoms with Crippen molar-refractivity contribution in [2.24, 2.45) is 0 Å². The van der Waals surface area contributed by atoms with E-state index in [0.717, 1.165) is 25.9 Å². The molecule has 1 fully saturated rings. The van der Waals surface area contributed by atoms with Gasteiger partial charge in [0.15, 0.2) is 5.11 Å². The molecule has 1 saturated heterocycles. The molecule has 142 valence electrons. The number of aryl methyl sites for hydroxylation is 1. The Morgan fingerprint density at radius 3 is 2.74 bits per heavy atom. The van der Waals surface area contributed by atoms with Gasteiger partial charge in [-0.2, -0.15) is 4.80 Å². The van der Waals surface area contributed by atoms with Crippen molar-refractivity contribution in [3.63, 3.8) is 0 Å². The van der Waals surface area contributed by atoms with E-state index >= 15 is 0 Å². The molecule has 0 saturated carbocycles. The highest BCUT2D eigenvalue weighted by Crippen LogP contribution is 2.31. The second-order valence-corrected chi connectivity index (χ2v) is 6.27. The smallest absolute Gasteiger partial charge is 0.293 e. The zero-order valence-corrected chi connectivity index (χ0v) is 15.4. The fraction of sp³-hybridized carbons (Fsp3) is 0.400. The van der Waals surface area contributed by atoms with Gasteiger partial charge >= 0.3 is 0 Å². The maximum Gasteiger partial charge on any atom is 0.293 e. The van der Waals surface area contributed by atoms with Crippen LogP contribution in [0.5, 0.6) is 0 Å². The van der Waals surface area contributed by atoms with Gasteiger partial charge < -0.3 is 4.90 Å². The Kier molecular flexibility index (Phi) is 5.54. The number of carbonyl (C=O) groups is 1. The van der Waals surface area contributed by atoms with Crippen LogP contribution in [0, 0.1) is 10.1 Å². The highest BCUT2D eigenvalue weighted by molar-refractivity contribution is 7.80. The lowest BCUT2D eigenvalue weighted by Crippen LogP contribution is -2.34. The predicted molar refractivity (Wildman–Crippen MR) is 102 cm³/mol. The first kappa shape index (κ1) is 18.6. The molecule has 0 radical (unpaired) electrons. The molecule has 0 aliphatic carbocycles. The third-order valence-corrected chi connectivity index (χ3v) is 4.27. The molecule has 11 nitrogen and oxygen atoms in total. The molecule has 0 unspecified atom stereocenters. The summed E-state index contributed by atoms with van der Waals surface area (Å²) in [5.74, 6) is -0.413. The Morgan fingerprint density at radius 2 is 2.11 bits per heavy atom. The Labute approximate surface area is 159 Å². The largest absolute Gasteiger partial charge is 0.366 e. The lowest BCUT2D eigenvalue weighted by Gasteiger charge is -2.17. The zero-order chi connectivity index (χ0) is 19.4. The van der Waals surface area contributed by atoms with Gasteiger partial charge in [-0.3, -0.25) is 25.5 Å². The SMILES string of the molecule is CCn1nnc(NC(=S)NC(=O)c2ccc(N3CCCC3)c([N+](=O)[O-])c2)n1. The monoisotopic (exact) mass is 390 g/mol. The summed E-state index contributed by atoms with van der Waals surface area (Å²) < 4.78 is 0. The number of thiocarbonyl (C=S) groups is 1. The molecule has 0 spiro atoms. The molecule has 1 aliphatic rings. The number of nitro benzene ring substituents is 1. The van der Waals surface area contributed by atoms with Crippen LogP contribution in [0.25, 0.3) is 0 Å². The fourth-order valence-electron chi connectivity index (χ4n) is 2.77. The second-order valence-electron chi connectivity index (χ2n) is 5.86. The van der Waals surface area contributed by atoms with Gasteiger partial charge in [0.1, 0.15) is 5.69 Å². The predicted octanol–water partition coefficient (Wildman–Crippen LogP) is 1.33. The van der Waals surface area contributed by atoms with Crippen LogP contribution in [0.3, 0.4) is 0 Å². The summed E-state index contributed by atoms with van der Waals surface area (Å²) in [4.78, 5) is 26.6. The molecule has 2 N–H and O–H groups in total. The molecule has 0 bridgehead atoms. The van der Waals surface area contributed by atoms with E-state index in [0.29, 0.717) is 12.2 Å². The molecule has 1 aromatic carbocycles. The van der Waals surface area contributed by atoms with E-state index in [-0.39, 0.29) is 22.3 Å². The minimum Gasteiger partial charge on any atom is -0.366 e. The number of anilines is 2. The number of nitro groups is 1. The molecule has 12 heteroatoms. The summed E-state index contributed by atoms with van der Waals surface area (Å²) in [5.41, 5.74) is 0.560. The maximum atomic E-state index is 12.4. The Morgan fingerprint density at radius 1 is 1.37 bits per heavy atom. The van der Waals surface area contributed by atoms with Crippen LogP contribution < -0.4 is 15.5 Å². The number of nitrogens with one attached hydrogen (secondary N) is 2. The van der Waals surface area contributed by atoms with Gasteiger partial charge in [0.25, 0.3) is 17.5 Å². The third kappa shape index (κ3) is 4.34. The van der Waals surface area contributed by atoms with Crippen molar-refractivity contribution in [3.05, 3.63) is 33.9 Å². The van der Waals surface area contributed by atoms with Crippen LogP contribution in [0.1, 0.15) is 30.1 Å². The van der Waals surface area contributed by atoms with Crippen LogP contribution >= 0.6 is 12.2 Å². The number of amides is 1. The molecular weight excluding hydrogens is 372 g/mol. The van der Waals surface area contributed by atoms with Gasteiger partial charge in [-0.15, -0.1) is 5.10 Å². The number of nitrogens with zero attached hydrogens (tertiary/aromatic N) is 6. The quantitative estimate of drug-likeness (QED) is 0.441. The van der Waals surface area contributed by atoms with E-state index in [4.69, 9.17) is 12.2 Å². The van der Waals surface area contributed by atoms with Gasteiger partial charge in [0.05, 0.1) is 11.5 Å². The fourth-order valence-corrected chi connectivity index (χ4v) is 2.96. The van der Waals surface area contributed by atoms with E-state index in [1.807, 2.05) is 11.8 Å². The van der Waals surface area contributed by atoms with Crippen molar-refractivity contribution in [2.75, 3.05) is 23.3 Å². The van der Waals surface area contributed by atoms with E-state index < -0.39 is 10.8 Å². The van der Waals surface area contributed by atoms with Crippen molar-refractivity contribution in [1.29, 1.82) is 0 Å². The lowest BCUT2D eigenvalue weighted by molar-refractivity contribution is -0.384. The number of tetrazole rings is 1. The van der Waals surface area contributed by atoms with Crippen LogP contribution in [-0.4, -0.2) is 49.2 Å². The van der Waals surface area contributed by atoms with Crippen LogP contribution in [0.2, 0.25) is 0 Å². The maximum absolute atomic E-state index is 12.4. The minimum atomic E-state index is -0.563. The summed E-state index contributed by atoms with van der Waals surface area (Å²) in [6.45, 7) is 3.93. The number of hydrogen-bond donors (Lipinski definition) is 2. The number of benzene rings is 1. The lowest BCUT2D eigenvalue weighted by atomic mass is 10.1. The Hall–Kier alpha value is -3.15. The van der Waals surface area contributed by atoms with Crippen LogP contribution in [-0.2, 0) is 6.54 Å². The van der Waals surface area contributed by atoms with Gasteiger partial charge in [-0.1, -0.05) is 5.10 Å². The average Bonchev–Trinajstić information content (AvgIpc) is 3.32. The van der Waals surface area contributed by atoms with Crippen molar-refractivity contribution < 1.29 is 9.72 Å². The van der Waals surface area contributed by atoms with Crippen molar-refractivity contribution >= 4 is 40.6 Å². The number of carbonyl (C=O) groups excluding carboxylic acids is 1. The van der Waals surface area contributed by atoms with E-state index in [2.05, 4.69) is 26.0 Å². The Balaban J connectivity index is 1.71. The topological polar surface area (TPSA) is 131 Å². The van der Waals surface area contributed by atoms with Crippen molar-refractivity contribution in [2.45, 2.75) is 26.3 Å². The molecule has 3 rings (SSSR count). The molecule has 1 aliphatic heterocycles.